The molecule has 0 saturated carbocycles. The number of hydrazone groups is 1. The maximum atomic E-state index is 10.5. The molecule has 1 rings (SSSR count). The average Bonchev–Trinajstić information content (AvgIpc) is 2.39. The highest BCUT2D eigenvalue weighted by atomic mass is 35.5. The number of pyridine rings is 1. The first-order valence-electron chi connectivity index (χ1n) is 5.56. The van der Waals surface area contributed by atoms with Gasteiger partial charge in [-0.1, -0.05) is 17.7 Å². The van der Waals surface area contributed by atoms with Crippen molar-refractivity contribution in [3.05, 3.63) is 39.2 Å². The Bertz CT molecular complexity index is 529. The van der Waals surface area contributed by atoms with E-state index < -0.39 is 5.03 Å². The van der Waals surface area contributed by atoms with Gasteiger partial charge in [-0.3, -0.25) is 0 Å². The summed E-state index contributed by atoms with van der Waals surface area (Å²) < 4.78 is 4.87. The van der Waals surface area contributed by atoms with Crippen LogP contribution in [0.15, 0.2) is 28.4 Å². The average molecular weight is 300 g/mol. The monoisotopic (exact) mass is 299 g/mol. The fraction of sp³-hybridized carbons (Fsp3) is 0.364. The largest absolute Gasteiger partial charge is 0.484 e. The van der Waals surface area contributed by atoms with Crippen molar-refractivity contribution < 1.29 is 9.77 Å². The minimum Gasteiger partial charge on any atom is -0.484 e. The number of aliphatic imine (C=N–C) groups is 1. The number of hydrogen-bond acceptors (Lipinski definition) is 4. The molecule has 1 heterocycles. The highest BCUT2D eigenvalue weighted by Crippen LogP contribution is 2.08. The number of hydrogen-bond donors (Lipinski definition) is 0. The fourth-order valence-electron chi connectivity index (χ4n) is 1.29. The Balaban J connectivity index is 2.91. The summed E-state index contributed by atoms with van der Waals surface area (Å²) in [7, 11) is 3.05. The molecule has 0 unspecified atom stereocenters. The first-order chi connectivity index (χ1) is 9.42. The van der Waals surface area contributed by atoms with Crippen molar-refractivity contribution in [2.45, 2.75) is 13.5 Å². The number of nitrogens with zero attached hydrogens (tertiary/aromatic N) is 5. The second-order valence-electron chi connectivity index (χ2n) is 3.82. The molecule has 0 radical (unpaired) electrons. The molecule has 0 fully saturated rings. The molecule has 0 amide bonds. The molecule has 1 aromatic heterocycles. The highest BCUT2D eigenvalue weighted by molar-refractivity contribution is 6.29. The molecule has 0 atom stereocenters. The summed E-state index contributed by atoms with van der Waals surface area (Å²) in [6.45, 7) is 1.92. The Morgan fingerprint density at radius 3 is 2.80 bits per heavy atom. The van der Waals surface area contributed by atoms with E-state index in [1.165, 1.54) is 12.0 Å². The van der Waals surface area contributed by atoms with Gasteiger partial charge in [-0.15, -0.1) is 0 Å². The second kappa shape index (κ2) is 7.39. The van der Waals surface area contributed by atoms with Crippen LogP contribution in [0.2, 0.25) is 5.15 Å². The van der Waals surface area contributed by atoms with Gasteiger partial charge in [0.1, 0.15) is 10.3 Å². The lowest BCUT2D eigenvalue weighted by Crippen LogP contribution is -2.27. The molecule has 108 valence electrons. The van der Waals surface area contributed by atoms with E-state index in [4.69, 9.17) is 16.3 Å². The lowest BCUT2D eigenvalue weighted by Gasteiger charge is -2.16. The summed E-state index contributed by atoms with van der Waals surface area (Å²) in [5.74, 6) is 0.205. The summed E-state index contributed by atoms with van der Waals surface area (Å²) in [5.41, 5.74) is 0.818. The molecular weight excluding hydrogens is 286 g/mol. The van der Waals surface area contributed by atoms with Crippen molar-refractivity contribution in [3.63, 3.8) is 0 Å². The molecule has 1 aromatic rings. The third kappa shape index (κ3) is 5.19. The number of rotatable bonds is 3. The molecule has 0 aromatic carbocycles. The zero-order chi connectivity index (χ0) is 15.1. The molecule has 0 aliphatic heterocycles. The highest BCUT2D eigenvalue weighted by Gasteiger charge is 2.12. The van der Waals surface area contributed by atoms with Crippen molar-refractivity contribution in [1.29, 1.82) is 0 Å². The van der Waals surface area contributed by atoms with Gasteiger partial charge in [0, 0.05) is 26.7 Å². The SMILES string of the molecule is CO/C(C)=N\C(=N/[N+](=O)[O-])N(C)Cc1ccc(Cl)nc1. The van der Waals surface area contributed by atoms with Crippen LogP contribution in [0.25, 0.3) is 0 Å². The molecular formula is C11H14ClN5O3. The van der Waals surface area contributed by atoms with Crippen LogP contribution in [0.5, 0.6) is 0 Å². The zero-order valence-corrected chi connectivity index (χ0v) is 12.0. The molecule has 0 aliphatic rings. The van der Waals surface area contributed by atoms with Gasteiger partial charge in [0.2, 0.25) is 0 Å². The minimum atomic E-state index is -0.807. The Labute approximate surface area is 120 Å². The molecule has 0 bridgehead atoms. The van der Waals surface area contributed by atoms with E-state index in [1.807, 2.05) is 0 Å². The molecule has 0 saturated heterocycles. The fourth-order valence-corrected chi connectivity index (χ4v) is 1.40. The lowest BCUT2D eigenvalue weighted by atomic mass is 10.3. The van der Waals surface area contributed by atoms with E-state index in [0.29, 0.717) is 11.7 Å². The second-order valence-corrected chi connectivity index (χ2v) is 4.21. The van der Waals surface area contributed by atoms with Gasteiger partial charge in [0.15, 0.2) is 10.9 Å². The van der Waals surface area contributed by atoms with Gasteiger partial charge >= 0.3 is 5.96 Å². The standard InChI is InChI=1S/C11H14ClN5O3/c1-8(20-3)14-11(15-17(18)19)16(2)7-9-4-5-10(12)13-6-9/h4-6H,7H2,1-3H3/b14-8-,15-11+. The van der Waals surface area contributed by atoms with E-state index in [2.05, 4.69) is 15.1 Å². The first-order valence-corrected chi connectivity index (χ1v) is 5.94. The Morgan fingerprint density at radius 1 is 1.60 bits per heavy atom. The zero-order valence-electron chi connectivity index (χ0n) is 11.3. The lowest BCUT2D eigenvalue weighted by molar-refractivity contribution is -0.485. The molecule has 0 aliphatic carbocycles. The smallest absolute Gasteiger partial charge is 0.300 e. The number of ether oxygens (including phenoxy) is 1. The summed E-state index contributed by atoms with van der Waals surface area (Å²) >= 11 is 5.69. The van der Waals surface area contributed by atoms with Crippen molar-refractivity contribution in [3.8, 4) is 0 Å². The first kappa shape index (κ1) is 15.8. The summed E-state index contributed by atoms with van der Waals surface area (Å²) in [6, 6.07) is 3.40. The topological polar surface area (TPSA) is 93.2 Å². The van der Waals surface area contributed by atoms with Crippen LogP contribution in [0, 0.1) is 10.1 Å². The normalized spacial score (nSPS) is 12.2. The van der Waals surface area contributed by atoms with Crippen molar-refractivity contribution in [2.24, 2.45) is 10.1 Å². The van der Waals surface area contributed by atoms with Crippen LogP contribution in [0.4, 0.5) is 0 Å². The molecule has 0 spiro atoms. The third-order valence-electron chi connectivity index (χ3n) is 2.27. The predicted molar refractivity (Wildman–Crippen MR) is 75.3 cm³/mol. The van der Waals surface area contributed by atoms with Crippen LogP contribution in [0.3, 0.4) is 0 Å². The Hall–Kier alpha value is -2.22. The number of guanidine groups is 1. The van der Waals surface area contributed by atoms with E-state index >= 15 is 0 Å². The summed E-state index contributed by atoms with van der Waals surface area (Å²) in [6.07, 6.45) is 1.58. The van der Waals surface area contributed by atoms with Crippen molar-refractivity contribution in [2.75, 3.05) is 14.2 Å². The predicted octanol–water partition coefficient (Wildman–Crippen LogP) is 1.78. The van der Waals surface area contributed by atoms with Gasteiger partial charge in [-0.05, 0) is 11.6 Å². The van der Waals surface area contributed by atoms with Gasteiger partial charge in [0.25, 0.3) is 0 Å². The van der Waals surface area contributed by atoms with E-state index in [9.17, 15) is 10.1 Å². The van der Waals surface area contributed by atoms with E-state index in [1.54, 1.807) is 32.3 Å². The number of aromatic nitrogens is 1. The van der Waals surface area contributed by atoms with E-state index in [-0.39, 0.29) is 11.9 Å². The Morgan fingerprint density at radius 2 is 2.30 bits per heavy atom. The van der Waals surface area contributed by atoms with Crippen LogP contribution in [0.1, 0.15) is 12.5 Å². The van der Waals surface area contributed by atoms with Crippen molar-refractivity contribution >= 4 is 23.5 Å². The van der Waals surface area contributed by atoms with Crippen LogP contribution < -0.4 is 0 Å². The maximum Gasteiger partial charge on any atom is 0.300 e. The summed E-state index contributed by atoms with van der Waals surface area (Å²) in [5, 5.41) is 13.3. The molecule has 8 nitrogen and oxygen atoms in total. The van der Waals surface area contributed by atoms with Gasteiger partial charge in [-0.2, -0.15) is 4.99 Å². The Kier molecular flexibility index (Phi) is 5.85. The van der Waals surface area contributed by atoms with Gasteiger partial charge in [-0.25, -0.2) is 15.1 Å². The van der Waals surface area contributed by atoms with Crippen LogP contribution in [-0.4, -0.2) is 40.9 Å². The maximum absolute atomic E-state index is 10.5. The quantitative estimate of drug-likeness (QED) is 0.279. The molecule has 9 heteroatoms. The number of halogens is 1. The number of methoxy groups -OCH3 is 1. The van der Waals surface area contributed by atoms with E-state index in [0.717, 1.165) is 5.56 Å². The third-order valence-corrected chi connectivity index (χ3v) is 2.50. The summed E-state index contributed by atoms with van der Waals surface area (Å²) in [4.78, 5) is 19.9. The van der Waals surface area contributed by atoms with Crippen molar-refractivity contribution in [1.82, 2.24) is 9.88 Å². The van der Waals surface area contributed by atoms with Crippen LogP contribution in [-0.2, 0) is 11.3 Å². The minimum absolute atomic E-state index is 0.0655. The molecule has 0 N–H and O–H groups in total. The van der Waals surface area contributed by atoms with Gasteiger partial charge < -0.3 is 9.64 Å². The van der Waals surface area contributed by atoms with Crippen LogP contribution >= 0.6 is 11.6 Å². The number of nitro groups is 1. The van der Waals surface area contributed by atoms with Gasteiger partial charge in [0.05, 0.1) is 7.11 Å². The molecule has 20 heavy (non-hydrogen) atoms.